The van der Waals surface area contributed by atoms with E-state index in [4.69, 9.17) is 5.11 Å². The number of quaternary nitrogens is 1. The summed E-state index contributed by atoms with van der Waals surface area (Å²) >= 11 is 0. The summed E-state index contributed by atoms with van der Waals surface area (Å²) in [6, 6.07) is 0. The van der Waals surface area contributed by atoms with Gasteiger partial charge in [0.15, 0.2) is 0 Å². The minimum atomic E-state index is -0.816. The number of carbonyl (C=O) groups is 1. The van der Waals surface area contributed by atoms with Crippen LogP contribution in [0.5, 0.6) is 0 Å². The summed E-state index contributed by atoms with van der Waals surface area (Å²) in [5, 5.41) is 8.76. The largest absolute Gasteiger partial charge is 0.465 e. The topological polar surface area (TPSA) is 43.8 Å². The van der Waals surface area contributed by atoms with E-state index in [-0.39, 0.29) is 0 Å². The van der Waals surface area contributed by atoms with Gasteiger partial charge in [-0.05, 0) is 0 Å². The lowest BCUT2D eigenvalue weighted by Gasteiger charge is -2.50. The van der Waals surface area contributed by atoms with Gasteiger partial charge in [0, 0.05) is 39.6 Å². The second kappa shape index (κ2) is 4.59. The number of amides is 1. The molecule has 3 rings (SSSR count). The Labute approximate surface area is 96.8 Å². The van der Waals surface area contributed by atoms with Crippen LogP contribution in [0, 0.1) is 0 Å². The summed E-state index contributed by atoms with van der Waals surface area (Å²) in [7, 11) is 1.65. The monoisotopic (exact) mass is 228 g/mol. The first kappa shape index (κ1) is 11.7. The second-order valence-electron chi connectivity index (χ2n) is 5.14. The van der Waals surface area contributed by atoms with Crippen molar-refractivity contribution in [2.45, 2.75) is 6.42 Å². The summed E-state index contributed by atoms with van der Waals surface area (Å²) in [5.74, 6) is 0. The normalized spacial score (nSPS) is 32.7. The van der Waals surface area contributed by atoms with Gasteiger partial charge in [0.05, 0.1) is 26.2 Å². The highest BCUT2D eigenvalue weighted by atomic mass is 16.4. The first-order chi connectivity index (χ1) is 7.61. The lowest BCUT2D eigenvalue weighted by molar-refractivity contribution is -0.941. The van der Waals surface area contributed by atoms with Crippen LogP contribution in [0.3, 0.4) is 0 Å². The fourth-order valence-corrected chi connectivity index (χ4v) is 2.81. The number of fused-ring (bicyclic) bond motifs is 3. The van der Waals surface area contributed by atoms with Crippen LogP contribution in [0.1, 0.15) is 6.42 Å². The standard InChI is InChI=1S/C11H21N3O2/c1-12(11(15)16)3-2-7-14-8-4-13(5-9-14)6-10-14/h2-10H2,1H3/p+1. The Hall–Kier alpha value is -0.810. The van der Waals surface area contributed by atoms with Crippen LogP contribution >= 0.6 is 0 Å². The number of hydrogen-bond donors (Lipinski definition) is 1. The van der Waals surface area contributed by atoms with Crippen molar-refractivity contribution in [1.82, 2.24) is 9.80 Å². The van der Waals surface area contributed by atoms with Crippen LogP contribution in [0.15, 0.2) is 0 Å². The summed E-state index contributed by atoms with van der Waals surface area (Å²) in [6.07, 6.45) is 0.173. The van der Waals surface area contributed by atoms with Gasteiger partial charge in [-0.2, -0.15) is 0 Å². The molecule has 3 aliphatic heterocycles. The molecule has 5 nitrogen and oxygen atoms in total. The van der Waals surface area contributed by atoms with E-state index in [0.29, 0.717) is 6.54 Å². The Kier molecular flexibility index (Phi) is 3.35. The van der Waals surface area contributed by atoms with Gasteiger partial charge in [-0.25, -0.2) is 4.79 Å². The summed E-state index contributed by atoms with van der Waals surface area (Å²) < 4.78 is 1.23. The van der Waals surface area contributed by atoms with Gasteiger partial charge in [0.1, 0.15) is 0 Å². The minimum Gasteiger partial charge on any atom is -0.465 e. The fraction of sp³-hybridized carbons (Fsp3) is 0.909. The highest BCUT2D eigenvalue weighted by Crippen LogP contribution is 2.19. The molecule has 0 spiro atoms. The molecule has 1 N–H and O–H groups in total. The van der Waals surface area contributed by atoms with E-state index in [1.54, 1.807) is 7.05 Å². The Morgan fingerprint density at radius 3 is 2.38 bits per heavy atom. The molecule has 0 aromatic heterocycles. The molecule has 0 aromatic rings. The van der Waals surface area contributed by atoms with Crippen LogP contribution < -0.4 is 0 Å². The van der Waals surface area contributed by atoms with Crippen LogP contribution in [0.25, 0.3) is 0 Å². The van der Waals surface area contributed by atoms with Gasteiger partial charge in [-0.1, -0.05) is 0 Å². The average molecular weight is 228 g/mol. The van der Waals surface area contributed by atoms with E-state index < -0.39 is 6.09 Å². The molecule has 0 saturated carbocycles. The van der Waals surface area contributed by atoms with E-state index in [1.807, 2.05) is 0 Å². The molecule has 92 valence electrons. The third-order valence-electron chi connectivity index (χ3n) is 4.12. The van der Waals surface area contributed by atoms with E-state index in [0.717, 1.165) is 13.0 Å². The molecule has 1 amide bonds. The molecule has 0 aliphatic carbocycles. The first-order valence-corrected chi connectivity index (χ1v) is 6.13. The van der Waals surface area contributed by atoms with Gasteiger partial charge in [0.25, 0.3) is 0 Å². The summed E-state index contributed by atoms with van der Waals surface area (Å²) in [5.41, 5.74) is 0. The lowest BCUT2D eigenvalue weighted by atomic mass is 10.1. The van der Waals surface area contributed by atoms with Crippen molar-refractivity contribution in [3.05, 3.63) is 0 Å². The van der Waals surface area contributed by atoms with Crippen molar-refractivity contribution in [2.24, 2.45) is 0 Å². The molecule has 0 radical (unpaired) electrons. The lowest BCUT2D eigenvalue weighted by Crippen LogP contribution is -2.67. The quantitative estimate of drug-likeness (QED) is 0.696. The van der Waals surface area contributed by atoms with Crippen LogP contribution in [0.4, 0.5) is 4.79 Å². The van der Waals surface area contributed by atoms with E-state index in [2.05, 4.69) is 4.90 Å². The second-order valence-corrected chi connectivity index (χ2v) is 5.14. The molecule has 0 atom stereocenters. The predicted octanol–water partition coefficient (Wildman–Crippen LogP) is 0.132. The first-order valence-electron chi connectivity index (χ1n) is 6.13. The van der Waals surface area contributed by atoms with Crippen LogP contribution in [-0.2, 0) is 0 Å². The third-order valence-corrected chi connectivity index (χ3v) is 4.12. The third kappa shape index (κ3) is 2.47. The van der Waals surface area contributed by atoms with Gasteiger partial charge in [-0.3, -0.25) is 4.90 Å². The van der Waals surface area contributed by atoms with Gasteiger partial charge in [0.2, 0.25) is 0 Å². The van der Waals surface area contributed by atoms with E-state index >= 15 is 0 Å². The van der Waals surface area contributed by atoms with Crippen molar-refractivity contribution < 1.29 is 14.4 Å². The highest BCUT2D eigenvalue weighted by molar-refractivity contribution is 5.64. The van der Waals surface area contributed by atoms with E-state index in [1.165, 1.54) is 48.7 Å². The Bertz CT molecular complexity index is 248. The Morgan fingerprint density at radius 2 is 1.88 bits per heavy atom. The van der Waals surface area contributed by atoms with Gasteiger partial charge >= 0.3 is 6.09 Å². The maximum absolute atomic E-state index is 10.7. The van der Waals surface area contributed by atoms with Crippen LogP contribution in [-0.4, -0.2) is 84.9 Å². The number of carboxylic acid groups (broad SMARTS) is 1. The number of rotatable bonds is 4. The Morgan fingerprint density at radius 1 is 1.31 bits per heavy atom. The maximum atomic E-state index is 10.7. The Balaban J connectivity index is 1.74. The molecular formula is C11H22N3O2+. The van der Waals surface area contributed by atoms with Crippen molar-refractivity contribution in [2.75, 3.05) is 59.4 Å². The van der Waals surface area contributed by atoms with Crippen molar-refractivity contribution in [3.8, 4) is 0 Å². The minimum absolute atomic E-state index is 0.666. The molecule has 2 bridgehead atoms. The van der Waals surface area contributed by atoms with Crippen LogP contribution in [0.2, 0.25) is 0 Å². The molecule has 3 saturated heterocycles. The SMILES string of the molecule is CN(CCC[N+]12CCN(CC1)CC2)C(=O)O. The molecule has 0 aromatic carbocycles. The van der Waals surface area contributed by atoms with Crippen molar-refractivity contribution in [3.63, 3.8) is 0 Å². The van der Waals surface area contributed by atoms with E-state index in [9.17, 15) is 4.79 Å². The zero-order valence-electron chi connectivity index (χ0n) is 10.1. The molecule has 3 fully saturated rings. The zero-order chi connectivity index (χ0) is 11.6. The van der Waals surface area contributed by atoms with Crippen molar-refractivity contribution in [1.29, 1.82) is 0 Å². The smallest absolute Gasteiger partial charge is 0.407 e. The fourth-order valence-electron chi connectivity index (χ4n) is 2.81. The zero-order valence-corrected chi connectivity index (χ0v) is 10.1. The van der Waals surface area contributed by atoms with Gasteiger partial charge in [-0.15, -0.1) is 0 Å². The predicted molar refractivity (Wildman–Crippen MR) is 61.4 cm³/mol. The summed E-state index contributed by atoms with van der Waals surface area (Å²) in [4.78, 5) is 14.6. The molecule has 5 heteroatoms. The molecule has 3 aliphatic rings. The van der Waals surface area contributed by atoms with Gasteiger partial charge < -0.3 is 14.5 Å². The molecule has 16 heavy (non-hydrogen) atoms. The molecular weight excluding hydrogens is 206 g/mol. The molecule has 0 unspecified atom stereocenters. The highest BCUT2D eigenvalue weighted by Gasteiger charge is 2.37. The number of piperazine rings is 3. The molecule has 3 heterocycles. The van der Waals surface area contributed by atoms with Crippen molar-refractivity contribution >= 4 is 6.09 Å². The summed E-state index contributed by atoms with van der Waals surface area (Å²) in [6.45, 7) is 9.28. The average Bonchev–Trinajstić information content (AvgIpc) is 2.31. The number of nitrogens with zero attached hydrogens (tertiary/aromatic N) is 3. The maximum Gasteiger partial charge on any atom is 0.407 e. The number of hydrogen-bond acceptors (Lipinski definition) is 2.